The molecule has 2 aromatic heterocycles. The smallest absolute Gasteiger partial charge is 0.0979 e. The third-order valence-electron chi connectivity index (χ3n) is 8.63. The maximum Gasteiger partial charge on any atom is 0.0979 e. The van der Waals surface area contributed by atoms with Gasteiger partial charge in [0, 0.05) is 32.8 Å². The van der Waals surface area contributed by atoms with E-state index >= 15 is 0 Å². The van der Waals surface area contributed by atoms with Gasteiger partial charge in [-0.15, -0.1) is 0 Å². The van der Waals surface area contributed by atoms with Gasteiger partial charge in [0.2, 0.25) is 0 Å². The number of hydrogen-bond acceptors (Lipinski definition) is 2. The van der Waals surface area contributed by atoms with Crippen molar-refractivity contribution in [3.8, 4) is 28.1 Å². The summed E-state index contributed by atoms with van der Waals surface area (Å²) >= 11 is 0. The zero-order valence-electron chi connectivity index (χ0n) is 23.3. The van der Waals surface area contributed by atoms with Gasteiger partial charge < -0.3 is 4.57 Å². The van der Waals surface area contributed by atoms with Crippen molar-refractivity contribution in [1.29, 1.82) is 0 Å². The highest BCUT2D eigenvalue weighted by Gasteiger charge is 2.15. The van der Waals surface area contributed by atoms with Gasteiger partial charge in [-0.2, -0.15) is 0 Å². The molecule has 0 saturated heterocycles. The molecular weight excluding hydrogens is 522 g/mol. The monoisotopic (exact) mass is 547 g/mol. The molecule has 3 nitrogen and oxygen atoms in total. The molecule has 0 spiro atoms. The predicted octanol–water partition coefficient (Wildman–Crippen LogP) is 10.4. The Hall–Kier alpha value is -5.80. The van der Waals surface area contributed by atoms with Gasteiger partial charge in [-0.25, -0.2) is 4.98 Å². The first-order chi connectivity index (χ1) is 21.3. The normalized spacial score (nSPS) is 11.7. The minimum atomic E-state index is 0.870. The van der Waals surface area contributed by atoms with E-state index in [9.17, 15) is 0 Å². The molecule has 3 heteroatoms. The molecule has 9 aromatic rings. The molecule has 200 valence electrons. The standard InChI is InChI=1S/C40H25N3/c1-2-10-26(11-3-1)28-20-23-38-35(24-28)32-14-8-9-17-37(32)43(38)29-21-18-27(19-22-29)36-25-41-39-33-15-6-4-12-30(33)31-13-5-7-16-34(31)40(39)42-36/h1-25H. The highest BCUT2D eigenvalue weighted by molar-refractivity contribution is 6.23. The summed E-state index contributed by atoms with van der Waals surface area (Å²) < 4.78 is 2.36. The first kappa shape index (κ1) is 23.9. The molecule has 0 aliphatic rings. The van der Waals surface area contributed by atoms with Crippen molar-refractivity contribution in [1.82, 2.24) is 14.5 Å². The average Bonchev–Trinajstić information content (AvgIpc) is 3.42. The summed E-state index contributed by atoms with van der Waals surface area (Å²) in [6.45, 7) is 0. The van der Waals surface area contributed by atoms with E-state index in [1.165, 1.54) is 43.7 Å². The Morgan fingerprint density at radius 3 is 1.72 bits per heavy atom. The molecule has 0 amide bonds. The fraction of sp³-hybridized carbons (Fsp3) is 0. The fourth-order valence-electron chi connectivity index (χ4n) is 6.60. The lowest BCUT2D eigenvalue weighted by Gasteiger charge is -2.11. The number of fused-ring (bicyclic) bond motifs is 9. The van der Waals surface area contributed by atoms with E-state index in [-0.39, 0.29) is 0 Å². The average molecular weight is 548 g/mol. The lowest BCUT2D eigenvalue weighted by molar-refractivity contribution is 1.18. The Morgan fingerprint density at radius 2 is 0.977 bits per heavy atom. The van der Waals surface area contributed by atoms with E-state index in [0.29, 0.717) is 0 Å². The maximum absolute atomic E-state index is 5.19. The van der Waals surface area contributed by atoms with Crippen LogP contribution < -0.4 is 0 Å². The van der Waals surface area contributed by atoms with Crippen LogP contribution >= 0.6 is 0 Å². The molecule has 43 heavy (non-hydrogen) atoms. The van der Waals surface area contributed by atoms with Crippen LogP contribution in [0.25, 0.3) is 82.5 Å². The Kier molecular flexibility index (Phi) is 5.20. The van der Waals surface area contributed by atoms with E-state index < -0.39 is 0 Å². The van der Waals surface area contributed by atoms with Crippen LogP contribution in [0.4, 0.5) is 0 Å². The molecular formula is C40H25N3. The number of para-hydroxylation sites is 1. The van der Waals surface area contributed by atoms with E-state index in [0.717, 1.165) is 38.8 Å². The number of nitrogens with zero attached hydrogens (tertiary/aromatic N) is 3. The van der Waals surface area contributed by atoms with Gasteiger partial charge in [-0.1, -0.05) is 115 Å². The molecule has 0 radical (unpaired) electrons. The second-order valence-corrected chi connectivity index (χ2v) is 11.0. The second-order valence-electron chi connectivity index (χ2n) is 11.0. The molecule has 0 fully saturated rings. The lowest BCUT2D eigenvalue weighted by Crippen LogP contribution is -1.95. The van der Waals surface area contributed by atoms with Crippen molar-refractivity contribution in [3.05, 3.63) is 152 Å². The zero-order chi connectivity index (χ0) is 28.3. The molecule has 0 aliphatic carbocycles. The largest absolute Gasteiger partial charge is 0.309 e. The van der Waals surface area contributed by atoms with Crippen LogP contribution in [0.2, 0.25) is 0 Å². The Morgan fingerprint density at radius 1 is 0.395 bits per heavy atom. The lowest BCUT2D eigenvalue weighted by atomic mass is 9.99. The molecule has 2 heterocycles. The quantitative estimate of drug-likeness (QED) is 0.206. The van der Waals surface area contributed by atoms with E-state index in [1.807, 2.05) is 6.20 Å². The van der Waals surface area contributed by atoms with Crippen LogP contribution in [-0.4, -0.2) is 14.5 Å². The highest BCUT2D eigenvalue weighted by atomic mass is 15.0. The second kappa shape index (κ2) is 9.37. The summed E-state index contributed by atoms with van der Waals surface area (Å²) in [5.74, 6) is 0. The van der Waals surface area contributed by atoms with E-state index in [4.69, 9.17) is 9.97 Å². The summed E-state index contributed by atoms with van der Waals surface area (Å²) in [6, 6.07) is 51.7. The Labute approximate surface area is 248 Å². The zero-order valence-corrected chi connectivity index (χ0v) is 23.3. The minimum Gasteiger partial charge on any atom is -0.309 e. The van der Waals surface area contributed by atoms with Gasteiger partial charge >= 0.3 is 0 Å². The van der Waals surface area contributed by atoms with Gasteiger partial charge in [-0.3, -0.25) is 4.98 Å². The summed E-state index contributed by atoms with van der Waals surface area (Å²) in [5, 5.41) is 7.17. The highest BCUT2D eigenvalue weighted by Crippen LogP contribution is 2.36. The molecule has 0 N–H and O–H groups in total. The van der Waals surface area contributed by atoms with E-state index in [1.54, 1.807) is 0 Å². The molecule has 0 unspecified atom stereocenters. The summed E-state index contributed by atoms with van der Waals surface area (Å²) in [6.07, 6.45) is 1.91. The van der Waals surface area contributed by atoms with Crippen LogP contribution in [0.15, 0.2) is 152 Å². The predicted molar refractivity (Wildman–Crippen MR) is 180 cm³/mol. The van der Waals surface area contributed by atoms with Crippen LogP contribution in [-0.2, 0) is 0 Å². The molecule has 0 saturated carbocycles. The SMILES string of the molecule is c1ccc(-c2ccc3c(c2)c2ccccc2n3-c2ccc(-c3cnc4c5ccccc5c5ccccc5c4n3)cc2)cc1. The van der Waals surface area contributed by atoms with Crippen molar-refractivity contribution in [3.63, 3.8) is 0 Å². The molecule has 0 aliphatic heterocycles. The first-order valence-corrected chi connectivity index (χ1v) is 14.6. The Balaban J connectivity index is 1.18. The number of rotatable bonds is 3. The number of benzene rings is 7. The van der Waals surface area contributed by atoms with Gasteiger partial charge in [0.15, 0.2) is 0 Å². The molecule has 7 aromatic carbocycles. The van der Waals surface area contributed by atoms with Crippen LogP contribution in [0.1, 0.15) is 0 Å². The van der Waals surface area contributed by atoms with Crippen LogP contribution in [0.3, 0.4) is 0 Å². The summed E-state index contributed by atoms with van der Waals surface area (Å²) in [7, 11) is 0. The third kappa shape index (κ3) is 3.68. The molecule has 0 bridgehead atoms. The van der Waals surface area contributed by atoms with Crippen LogP contribution in [0.5, 0.6) is 0 Å². The summed E-state index contributed by atoms with van der Waals surface area (Å²) in [5.41, 5.74) is 9.74. The van der Waals surface area contributed by atoms with Gasteiger partial charge in [0.1, 0.15) is 0 Å². The minimum absolute atomic E-state index is 0.870. The van der Waals surface area contributed by atoms with Crippen molar-refractivity contribution in [2.45, 2.75) is 0 Å². The number of aromatic nitrogens is 3. The maximum atomic E-state index is 5.19. The topological polar surface area (TPSA) is 30.7 Å². The molecule has 0 atom stereocenters. The van der Waals surface area contributed by atoms with Gasteiger partial charge in [0.05, 0.1) is 34.0 Å². The van der Waals surface area contributed by atoms with E-state index in [2.05, 4.69) is 150 Å². The van der Waals surface area contributed by atoms with Crippen molar-refractivity contribution in [2.75, 3.05) is 0 Å². The molecule has 9 rings (SSSR count). The van der Waals surface area contributed by atoms with Crippen LogP contribution in [0, 0.1) is 0 Å². The number of hydrogen-bond donors (Lipinski definition) is 0. The van der Waals surface area contributed by atoms with Crippen molar-refractivity contribution in [2.24, 2.45) is 0 Å². The third-order valence-corrected chi connectivity index (χ3v) is 8.63. The fourth-order valence-corrected chi connectivity index (χ4v) is 6.60. The Bertz CT molecular complexity index is 2450. The van der Waals surface area contributed by atoms with Gasteiger partial charge in [-0.05, 0) is 52.2 Å². The van der Waals surface area contributed by atoms with Gasteiger partial charge in [0.25, 0.3) is 0 Å². The van der Waals surface area contributed by atoms with Crippen molar-refractivity contribution < 1.29 is 0 Å². The first-order valence-electron chi connectivity index (χ1n) is 14.6. The summed E-state index contributed by atoms with van der Waals surface area (Å²) in [4.78, 5) is 10.1. The van der Waals surface area contributed by atoms with Crippen molar-refractivity contribution >= 4 is 54.4 Å².